The van der Waals surface area contributed by atoms with E-state index >= 15 is 0 Å². The summed E-state index contributed by atoms with van der Waals surface area (Å²) in [6.45, 7) is 3.91. The Morgan fingerprint density at radius 1 is 1.54 bits per heavy atom. The van der Waals surface area contributed by atoms with Crippen LogP contribution in [0.15, 0.2) is 4.99 Å². The third kappa shape index (κ3) is 4.72. The van der Waals surface area contributed by atoms with E-state index in [1.54, 1.807) is 0 Å². The highest BCUT2D eigenvalue weighted by atomic mass is 15.3. The molecule has 0 saturated heterocycles. The third-order valence-electron chi connectivity index (χ3n) is 2.17. The molecule has 0 unspecified atom stereocenters. The lowest BCUT2D eigenvalue weighted by Gasteiger charge is -2.07. The summed E-state index contributed by atoms with van der Waals surface area (Å²) in [7, 11) is 0. The number of hydrogen-bond acceptors (Lipinski definition) is 2. The summed E-state index contributed by atoms with van der Waals surface area (Å²) in [4.78, 5) is 4.25. The van der Waals surface area contributed by atoms with Gasteiger partial charge in [-0.15, -0.1) is 0 Å². The second-order valence-electron chi connectivity index (χ2n) is 3.53. The minimum absolute atomic E-state index is 0.725. The average molecular weight is 184 g/mol. The summed E-state index contributed by atoms with van der Waals surface area (Å²) in [5.41, 5.74) is 2.57. The SMILES string of the molecule is CCCN=C(NN)NCCC1CC1. The van der Waals surface area contributed by atoms with Gasteiger partial charge in [-0.05, 0) is 18.8 Å². The maximum Gasteiger partial charge on any atom is 0.205 e. The van der Waals surface area contributed by atoms with Gasteiger partial charge in [0.05, 0.1) is 0 Å². The van der Waals surface area contributed by atoms with Crippen LogP contribution in [0.5, 0.6) is 0 Å². The molecule has 0 amide bonds. The highest BCUT2D eigenvalue weighted by Gasteiger charge is 2.20. The number of aliphatic imine (C=N–C) groups is 1. The summed E-state index contributed by atoms with van der Waals surface area (Å²) in [5, 5.41) is 3.19. The van der Waals surface area contributed by atoms with Crippen LogP contribution in [0, 0.1) is 5.92 Å². The van der Waals surface area contributed by atoms with Crippen molar-refractivity contribution in [1.82, 2.24) is 10.7 Å². The maximum absolute atomic E-state index is 5.30. The van der Waals surface area contributed by atoms with Crippen molar-refractivity contribution in [2.24, 2.45) is 16.8 Å². The molecular weight excluding hydrogens is 164 g/mol. The molecule has 13 heavy (non-hydrogen) atoms. The quantitative estimate of drug-likeness (QED) is 0.254. The molecule has 0 spiro atoms. The van der Waals surface area contributed by atoms with Gasteiger partial charge in [0.2, 0.25) is 5.96 Å². The molecule has 0 aromatic carbocycles. The Hall–Kier alpha value is -0.770. The first-order valence-corrected chi connectivity index (χ1v) is 5.11. The molecule has 0 heterocycles. The van der Waals surface area contributed by atoms with Crippen LogP contribution in [0.4, 0.5) is 0 Å². The van der Waals surface area contributed by atoms with Crippen LogP contribution in [0.3, 0.4) is 0 Å². The fourth-order valence-corrected chi connectivity index (χ4v) is 1.18. The van der Waals surface area contributed by atoms with E-state index in [0.717, 1.165) is 31.4 Å². The van der Waals surface area contributed by atoms with Crippen molar-refractivity contribution in [2.75, 3.05) is 13.1 Å². The standard InChI is InChI=1S/C9H20N4/c1-2-6-11-9(13-10)12-7-5-8-3-4-8/h8H,2-7,10H2,1H3,(H2,11,12,13). The molecule has 0 aromatic heterocycles. The number of nitrogens with one attached hydrogen (secondary N) is 2. The Labute approximate surface area is 80.0 Å². The maximum atomic E-state index is 5.30. The molecule has 1 aliphatic carbocycles. The zero-order valence-electron chi connectivity index (χ0n) is 8.34. The molecule has 4 heteroatoms. The minimum Gasteiger partial charge on any atom is -0.355 e. The van der Waals surface area contributed by atoms with Crippen LogP contribution < -0.4 is 16.6 Å². The van der Waals surface area contributed by atoms with Gasteiger partial charge in [0.1, 0.15) is 0 Å². The van der Waals surface area contributed by atoms with Crippen molar-refractivity contribution in [3.8, 4) is 0 Å². The molecule has 4 N–H and O–H groups in total. The van der Waals surface area contributed by atoms with Crippen molar-refractivity contribution in [2.45, 2.75) is 32.6 Å². The highest BCUT2D eigenvalue weighted by molar-refractivity contribution is 5.79. The number of guanidine groups is 1. The molecular formula is C9H20N4. The number of nitrogens with zero attached hydrogens (tertiary/aromatic N) is 1. The van der Waals surface area contributed by atoms with Crippen LogP contribution in [-0.4, -0.2) is 19.0 Å². The molecule has 0 atom stereocenters. The first-order valence-electron chi connectivity index (χ1n) is 5.11. The van der Waals surface area contributed by atoms with Gasteiger partial charge in [-0.2, -0.15) is 0 Å². The summed E-state index contributed by atoms with van der Waals surface area (Å²) in [5.74, 6) is 6.98. The summed E-state index contributed by atoms with van der Waals surface area (Å²) < 4.78 is 0. The summed E-state index contributed by atoms with van der Waals surface area (Å²) >= 11 is 0. The molecule has 76 valence electrons. The monoisotopic (exact) mass is 184 g/mol. The van der Waals surface area contributed by atoms with E-state index in [9.17, 15) is 0 Å². The Kier molecular flexibility index (Phi) is 4.60. The van der Waals surface area contributed by atoms with Gasteiger partial charge in [-0.3, -0.25) is 10.4 Å². The lowest BCUT2D eigenvalue weighted by molar-refractivity contribution is 0.685. The average Bonchev–Trinajstić information content (AvgIpc) is 2.94. The predicted molar refractivity (Wildman–Crippen MR) is 55.3 cm³/mol. The Morgan fingerprint density at radius 3 is 2.85 bits per heavy atom. The fraction of sp³-hybridized carbons (Fsp3) is 0.889. The zero-order chi connectivity index (χ0) is 9.52. The zero-order valence-corrected chi connectivity index (χ0v) is 8.34. The van der Waals surface area contributed by atoms with Crippen molar-refractivity contribution < 1.29 is 0 Å². The molecule has 1 aliphatic rings. The van der Waals surface area contributed by atoms with Gasteiger partial charge in [0.15, 0.2) is 0 Å². The van der Waals surface area contributed by atoms with Crippen molar-refractivity contribution in [3.63, 3.8) is 0 Å². The van der Waals surface area contributed by atoms with Gasteiger partial charge >= 0.3 is 0 Å². The number of hydrogen-bond donors (Lipinski definition) is 3. The van der Waals surface area contributed by atoms with E-state index in [1.165, 1.54) is 19.3 Å². The van der Waals surface area contributed by atoms with Crippen molar-refractivity contribution in [3.05, 3.63) is 0 Å². The normalized spacial score (nSPS) is 17.2. The largest absolute Gasteiger partial charge is 0.355 e. The van der Waals surface area contributed by atoms with Crippen LogP contribution in [0.25, 0.3) is 0 Å². The van der Waals surface area contributed by atoms with Crippen LogP contribution in [-0.2, 0) is 0 Å². The molecule has 0 aromatic rings. The van der Waals surface area contributed by atoms with E-state index in [4.69, 9.17) is 5.84 Å². The molecule has 4 nitrogen and oxygen atoms in total. The van der Waals surface area contributed by atoms with Gasteiger partial charge in [-0.25, -0.2) is 5.84 Å². The molecule has 1 fully saturated rings. The van der Waals surface area contributed by atoms with Crippen molar-refractivity contribution in [1.29, 1.82) is 0 Å². The van der Waals surface area contributed by atoms with Crippen molar-refractivity contribution >= 4 is 5.96 Å². The summed E-state index contributed by atoms with van der Waals surface area (Å²) in [6.07, 6.45) is 5.10. The van der Waals surface area contributed by atoms with Gasteiger partial charge in [-0.1, -0.05) is 19.8 Å². The van der Waals surface area contributed by atoms with E-state index in [2.05, 4.69) is 22.7 Å². The van der Waals surface area contributed by atoms with E-state index in [0.29, 0.717) is 0 Å². The van der Waals surface area contributed by atoms with E-state index < -0.39 is 0 Å². The Bertz CT molecular complexity index is 163. The second-order valence-corrected chi connectivity index (χ2v) is 3.53. The predicted octanol–water partition coefficient (Wildman–Crippen LogP) is 0.605. The van der Waals surface area contributed by atoms with Gasteiger partial charge in [0, 0.05) is 13.1 Å². The van der Waals surface area contributed by atoms with E-state index in [1.807, 2.05) is 0 Å². The van der Waals surface area contributed by atoms with E-state index in [-0.39, 0.29) is 0 Å². The highest BCUT2D eigenvalue weighted by Crippen LogP contribution is 2.31. The summed E-state index contributed by atoms with van der Waals surface area (Å²) in [6, 6.07) is 0. The lowest BCUT2D eigenvalue weighted by atomic mass is 10.3. The van der Waals surface area contributed by atoms with Crippen LogP contribution in [0.1, 0.15) is 32.6 Å². The molecule has 1 rings (SSSR count). The first-order chi connectivity index (χ1) is 6.36. The molecule has 0 bridgehead atoms. The smallest absolute Gasteiger partial charge is 0.205 e. The van der Waals surface area contributed by atoms with Gasteiger partial charge < -0.3 is 5.32 Å². The third-order valence-corrected chi connectivity index (χ3v) is 2.17. The molecule has 1 saturated carbocycles. The first kappa shape index (κ1) is 10.3. The van der Waals surface area contributed by atoms with Crippen LogP contribution >= 0.6 is 0 Å². The lowest BCUT2D eigenvalue weighted by Crippen LogP contribution is -2.42. The topological polar surface area (TPSA) is 62.4 Å². The molecule has 0 radical (unpaired) electrons. The number of nitrogens with two attached hydrogens (primary N) is 1. The Morgan fingerprint density at radius 2 is 2.31 bits per heavy atom. The van der Waals surface area contributed by atoms with Gasteiger partial charge in [0.25, 0.3) is 0 Å². The fourth-order valence-electron chi connectivity index (χ4n) is 1.18. The number of rotatable bonds is 5. The second kappa shape index (κ2) is 5.80. The van der Waals surface area contributed by atoms with Crippen LogP contribution in [0.2, 0.25) is 0 Å². The minimum atomic E-state index is 0.725. The Balaban J connectivity index is 2.06. The number of hydrazine groups is 1. The molecule has 0 aliphatic heterocycles.